The van der Waals surface area contributed by atoms with Crippen molar-refractivity contribution in [2.24, 2.45) is 5.92 Å². The highest BCUT2D eigenvalue weighted by Gasteiger charge is 2.41. The van der Waals surface area contributed by atoms with Crippen LogP contribution in [0.4, 0.5) is 0 Å². The summed E-state index contributed by atoms with van der Waals surface area (Å²) in [6, 6.07) is 6.84. The number of rotatable bonds is 4. The fraction of sp³-hybridized carbons (Fsp3) is 0.421. The fourth-order valence-corrected chi connectivity index (χ4v) is 4.44. The molecule has 6 nitrogen and oxygen atoms in total. The molecule has 1 aromatic carbocycles. The lowest BCUT2D eigenvalue weighted by atomic mass is 9.94. The monoisotopic (exact) mass is 371 g/mol. The van der Waals surface area contributed by atoms with E-state index in [-0.39, 0.29) is 35.9 Å². The van der Waals surface area contributed by atoms with Gasteiger partial charge in [0.2, 0.25) is 11.8 Å². The number of benzene rings is 1. The molecular weight excluding hydrogens is 350 g/mol. The van der Waals surface area contributed by atoms with Crippen molar-refractivity contribution in [2.75, 3.05) is 13.1 Å². The van der Waals surface area contributed by atoms with Gasteiger partial charge in [-0.2, -0.15) is 0 Å². The second kappa shape index (κ2) is 7.07. The molecule has 3 fully saturated rings. The lowest BCUT2D eigenvalue weighted by molar-refractivity contribution is -0.140. The highest BCUT2D eigenvalue weighted by molar-refractivity contribution is 7.07. The Hall–Kier alpha value is -2.41. The second-order valence-electron chi connectivity index (χ2n) is 7.02. The van der Waals surface area contributed by atoms with Crippen LogP contribution in [0.2, 0.25) is 0 Å². The Morgan fingerprint density at radius 3 is 2.96 bits per heavy atom. The smallest absolute Gasteiger partial charge is 0.228 e. The Morgan fingerprint density at radius 1 is 1.31 bits per heavy atom. The third kappa shape index (κ3) is 3.44. The van der Waals surface area contributed by atoms with E-state index in [9.17, 15) is 14.7 Å². The number of carbonyl (C=O) groups excluding carboxylic acids is 2. The van der Waals surface area contributed by atoms with E-state index in [4.69, 9.17) is 0 Å². The third-order valence-corrected chi connectivity index (χ3v) is 5.86. The summed E-state index contributed by atoms with van der Waals surface area (Å²) in [5.41, 5.74) is 3.48. The molecule has 1 N–H and O–H groups in total. The molecule has 0 radical (unpaired) electrons. The van der Waals surface area contributed by atoms with Crippen LogP contribution in [0, 0.1) is 5.92 Å². The maximum Gasteiger partial charge on any atom is 0.228 e. The average molecular weight is 371 g/mol. The number of hydrogen-bond acceptors (Lipinski definition) is 5. The molecule has 136 valence electrons. The zero-order valence-electron chi connectivity index (χ0n) is 14.4. The molecule has 0 unspecified atom stereocenters. The first-order chi connectivity index (χ1) is 12.6. The van der Waals surface area contributed by atoms with Gasteiger partial charge in [-0.05, 0) is 30.5 Å². The number of carbonyl (C=O) groups is 2. The van der Waals surface area contributed by atoms with Crippen LogP contribution in [0.3, 0.4) is 0 Å². The van der Waals surface area contributed by atoms with Gasteiger partial charge in [-0.1, -0.05) is 12.1 Å². The molecule has 2 amide bonds. The van der Waals surface area contributed by atoms with Crippen molar-refractivity contribution in [1.82, 2.24) is 14.8 Å². The first-order valence-electron chi connectivity index (χ1n) is 8.83. The van der Waals surface area contributed by atoms with Crippen molar-refractivity contribution >= 4 is 23.2 Å². The Kier molecular flexibility index (Phi) is 4.63. The van der Waals surface area contributed by atoms with Gasteiger partial charge in [0.05, 0.1) is 30.1 Å². The predicted molar refractivity (Wildman–Crippen MR) is 97.6 cm³/mol. The summed E-state index contributed by atoms with van der Waals surface area (Å²) in [6.45, 7) is 1.59. The fourth-order valence-electron chi connectivity index (χ4n) is 3.90. The molecule has 26 heavy (non-hydrogen) atoms. The van der Waals surface area contributed by atoms with Crippen molar-refractivity contribution in [3.8, 4) is 5.75 Å². The molecule has 0 aliphatic carbocycles. The highest BCUT2D eigenvalue weighted by atomic mass is 32.1. The third-order valence-electron chi connectivity index (χ3n) is 5.23. The summed E-state index contributed by atoms with van der Waals surface area (Å²) >= 11 is 1.53. The van der Waals surface area contributed by atoms with Crippen LogP contribution in [0.5, 0.6) is 5.75 Å². The Bertz CT molecular complexity index is 808. The van der Waals surface area contributed by atoms with Gasteiger partial charge in [0.15, 0.2) is 0 Å². The quantitative estimate of drug-likeness (QED) is 0.893. The molecule has 0 spiro atoms. The van der Waals surface area contributed by atoms with Crippen LogP contribution in [0.1, 0.15) is 24.1 Å². The van der Waals surface area contributed by atoms with Gasteiger partial charge in [-0.25, -0.2) is 4.98 Å². The van der Waals surface area contributed by atoms with E-state index < -0.39 is 0 Å². The van der Waals surface area contributed by atoms with Gasteiger partial charge in [0.1, 0.15) is 5.75 Å². The number of amides is 2. The van der Waals surface area contributed by atoms with Gasteiger partial charge in [0.25, 0.3) is 0 Å². The molecular formula is C19H21N3O3S. The summed E-state index contributed by atoms with van der Waals surface area (Å²) in [5, 5.41) is 11.6. The number of fused-ring (bicyclic) bond motifs is 4. The van der Waals surface area contributed by atoms with Crippen LogP contribution in [-0.4, -0.2) is 50.8 Å². The van der Waals surface area contributed by atoms with Crippen molar-refractivity contribution in [3.63, 3.8) is 0 Å². The van der Waals surface area contributed by atoms with E-state index in [1.165, 1.54) is 11.3 Å². The summed E-state index contributed by atoms with van der Waals surface area (Å²) in [7, 11) is 0. The van der Waals surface area contributed by atoms with Gasteiger partial charge < -0.3 is 14.9 Å². The summed E-state index contributed by atoms with van der Waals surface area (Å²) in [5.74, 6) is 0.189. The number of aromatic nitrogens is 1. The molecule has 5 rings (SSSR count). The number of aromatic hydroxyl groups is 1. The van der Waals surface area contributed by atoms with Gasteiger partial charge in [-0.15, -0.1) is 11.3 Å². The van der Waals surface area contributed by atoms with Crippen molar-refractivity contribution in [2.45, 2.75) is 31.8 Å². The molecule has 1 aromatic heterocycles. The molecule has 2 bridgehead atoms. The van der Waals surface area contributed by atoms with E-state index >= 15 is 0 Å². The highest BCUT2D eigenvalue weighted by Crippen LogP contribution is 2.30. The Morgan fingerprint density at radius 2 is 2.19 bits per heavy atom. The van der Waals surface area contributed by atoms with Gasteiger partial charge >= 0.3 is 0 Å². The van der Waals surface area contributed by atoms with Crippen LogP contribution in [-0.2, 0) is 22.6 Å². The molecule has 2 atom stereocenters. The summed E-state index contributed by atoms with van der Waals surface area (Å²) < 4.78 is 0. The maximum atomic E-state index is 12.8. The SMILES string of the molecule is O=C(Cc1cccc(O)c1)N1C[C@@H]2CC[C@H](C1)N(Cc1cscn1)C2=O. The molecule has 7 heteroatoms. The van der Waals surface area contributed by atoms with E-state index in [0.29, 0.717) is 19.6 Å². The number of phenolic OH excluding ortho intramolecular Hbond substituents is 1. The number of thiazole rings is 1. The molecule has 3 aliphatic rings. The first-order valence-corrected chi connectivity index (χ1v) is 9.77. The molecule has 4 heterocycles. The minimum atomic E-state index is -0.125. The van der Waals surface area contributed by atoms with Crippen molar-refractivity contribution in [1.29, 1.82) is 0 Å². The van der Waals surface area contributed by atoms with Crippen molar-refractivity contribution in [3.05, 3.63) is 46.4 Å². The minimum Gasteiger partial charge on any atom is -0.508 e. The summed E-state index contributed by atoms with van der Waals surface area (Å²) in [4.78, 5) is 33.6. The summed E-state index contributed by atoms with van der Waals surface area (Å²) in [6.07, 6.45) is 2.01. The molecule has 2 aromatic rings. The zero-order chi connectivity index (χ0) is 18.1. The lowest BCUT2D eigenvalue weighted by Crippen LogP contribution is -2.47. The normalized spacial score (nSPS) is 22.5. The van der Waals surface area contributed by atoms with E-state index in [1.54, 1.807) is 23.7 Å². The minimum absolute atomic E-state index is 0.0100. The van der Waals surface area contributed by atoms with E-state index in [1.807, 2.05) is 21.2 Å². The van der Waals surface area contributed by atoms with Gasteiger partial charge in [-0.3, -0.25) is 9.59 Å². The molecule has 3 saturated heterocycles. The van der Waals surface area contributed by atoms with Crippen LogP contribution in [0.25, 0.3) is 0 Å². The maximum absolute atomic E-state index is 12.8. The number of nitrogens with zero attached hydrogens (tertiary/aromatic N) is 3. The van der Waals surface area contributed by atoms with Crippen LogP contribution < -0.4 is 0 Å². The van der Waals surface area contributed by atoms with Crippen molar-refractivity contribution < 1.29 is 14.7 Å². The largest absolute Gasteiger partial charge is 0.508 e. The first kappa shape index (κ1) is 17.0. The number of phenols is 1. The van der Waals surface area contributed by atoms with Gasteiger partial charge in [0, 0.05) is 24.5 Å². The predicted octanol–water partition coefficient (Wildman–Crippen LogP) is 2.04. The molecule has 3 aliphatic heterocycles. The Labute approximate surface area is 156 Å². The topological polar surface area (TPSA) is 73.7 Å². The number of piperidine rings is 1. The van der Waals surface area contributed by atoms with E-state index in [0.717, 1.165) is 24.1 Å². The standard InChI is InChI=1S/C19H21N3O3S/c23-17-3-1-2-13(6-17)7-18(24)21-8-14-4-5-16(10-21)22(19(14)25)9-15-11-26-12-20-15/h1-3,6,11-12,14,16,23H,4-5,7-10H2/t14-,16+/m0/s1. The lowest BCUT2D eigenvalue weighted by Gasteiger charge is -2.35. The van der Waals surface area contributed by atoms with Crippen LogP contribution >= 0.6 is 11.3 Å². The molecule has 0 saturated carbocycles. The number of hydrogen-bond donors (Lipinski definition) is 1. The van der Waals surface area contributed by atoms with E-state index in [2.05, 4.69) is 4.98 Å². The average Bonchev–Trinajstić information content (AvgIpc) is 2.97. The zero-order valence-corrected chi connectivity index (χ0v) is 15.2. The second-order valence-corrected chi connectivity index (χ2v) is 7.74. The Balaban J connectivity index is 1.48. The van der Waals surface area contributed by atoms with Crippen LogP contribution in [0.15, 0.2) is 35.2 Å².